The number of fused-ring (bicyclic) bond motifs is 1. The first-order chi connectivity index (χ1) is 9.24. The van der Waals surface area contributed by atoms with Gasteiger partial charge in [-0.15, -0.1) is 0 Å². The van der Waals surface area contributed by atoms with Gasteiger partial charge in [-0.25, -0.2) is 9.50 Å². The summed E-state index contributed by atoms with van der Waals surface area (Å²) in [7, 11) is 0. The fourth-order valence-electron chi connectivity index (χ4n) is 2.39. The number of nitrogens with one attached hydrogen (secondary N) is 1. The molecule has 102 valence electrons. The quantitative estimate of drug-likeness (QED) is 0.913. The van der Waals surface area contributed by atoms with E-state index in [-0.39, 0.29) is 0 Å². The molecular weight excluding hydrogens is 240 g/mol. The number of hydrogen-bond acceptors (Lipinski definition) is 4. The second kappa shape index (κ2) is 5.17. The molecule has 0 aliphatic carbocycles. The van der Waals surface area contributed by atoms with Gasteiger partial charge in [0, 0.05) is 18.4 Å². The van der Waals surface area contributed by atoms with Crippen molar-refractivity contribution >= 4 is 5.52 Å². The molecule has 2 aromatic heterocycles. The van der Waals surface area contributed by atoms with Gasteiger partial charge in [0.2, 0.25) is 5.88 Å². The third-order valence-corrected chi connectivity index (χ3v) is 3.55. The smallest absolute Gasteiger partial charge is 0.240 e. The van der Waals surface area contributed by atoms with Crippen LogP contribution < -0.4 is 10.1 Å². The van der Waals surface area contributed by atoms with Crippen LogP contribution in [0.3, 0.4) is 0 Å². The van der Waals surface area contributed by atoms with Gasteiger partial charge in [-0.1, -0.05) is 13.8 Å². The Bertz CT molecular complexity index is 558. The van der Waals surface area contributed by atoms with Gasteiger partial charge in [0.25, 0.3) is 0 Å². The van der Waals surface area contributed by atoms with Gasteiger partial charge >= 0.3 is 0 Å². The van der Waals surface area contributed by atoms with Crippen LogP contribution in [-0.2, 0) is 0 Å². The molecule has 1 unspecified atom stereocenters. The predicted molar refractivity (Wildman–Crippen MR) is 73.6 cm³/mol. The minimum absolute atomic E-state index is 0.407. The van der Waals surface area contributed by atoms with Crippen molar-refractivity contribution in [2.75, 3.05) is 13.2 Å². The normalized spacial score (nSPS) is 19.4. The van der Waals surface area contributed by atoms with Crippen LogP contribution in [0, 0.1) is 0 Å². The van der Waals surface area contributed by atoms with Gasteiger partial charge in [-0.05, 0) is 31.4 Å². The van der Waals surface area contributed by atoms with Crippen LogP contribution in [0.1, 0.15) is 38.3 Å². The topological polar surface area (TPSA) is 51.5 Å². The SMILES string of the molecule is CC(C)c1cc2c(OCC3CCCN3)nccn2n1. The number of nitrogens with zero attached hydrogens (tertiary/aromatic N) is 3. The molecule has 1 fully saturated rings. The summed E-state index contributed by atoms with van der Waals surface area (Å²) in [6.45, 7) is 6.04. The number of hydrogen-bond donors (Lipinski definition) is 1. The lowest BCUT2D eigenvalue weighted by atomic mass is 10.1. The maximum atomic E-state index is 5.86. The number of rotatable bonds is 4. The number of ether oxygens (including phenoxy) is 1. The summed E-state index contributed by atoms with van der Waals surface area (Å²) in [6.07, 6.45) is 6.01. The van der Waals surface area contributed by atoms with E-state index in [0.29, 0.717) is 24.4 Å². The van der Waals surface area contributed by atoms with Crippen LogP contribution in [0.5, 0.6) is 5.88 Å². The predicted octanol–water partition coefficient (Wildman–Crippen LogP) is 1.98. The van der Waals surface area contributed by atoms with E-state index in [1.165, 1.54) is 12.8 Å². The van der Waals surface area contributed by atoms with Crippen molar-refractivity contribution in [2.45, 2.75) is 38.6 Å². The fourth-order valence-corrected chi connectivity index (χ4v) is 2.39. The second-order valence-corrected chi connectivity index (χ2v) is 5.39. The lowest BCUT2D eigenvalue weighted by Gasteiger charge is -2.11. The third-order valence-electron chi connectivity index (χ3n) is 3.55. The van der Waals surface area contributed by atoms with Gasteiger partial charge in [-0.2, -0.15) is 5.10 Å². The van der Waals surface area contributed by atoms with E-state index < -0.39 is 0 Å². The molecule has 1 aliphatic heterocycles. The van der Waals surface area contributed by atoms with E-state index in [0.717, 1.165) is 17.8 Å². The van der Waals surface area contributed by atoms with Gasteiger partial charge < -0.3 is 10.1 Å². The Balaban J connectivity index is 1.81. The minimum atomic E-state index is 0.407. The summed E-state index contributed by atoms with van der Waals surface area (Å²) in [4.78, 5) is 4.33. The lowest BCUT2D eigenvalue weighted by Crippen LogP contribution is -2.28. The van der Waals surface area contributed by atoms with Crippen molar-refractivity contribution in [2.24, 2.45) is 0 Å². The molecule has 3 heterocycles. The van der Waals surface area contributed by atoms with Crippen LogP contribution in [0.4, 0.5) is 0 Å². The molecule has 0 aromatic carbocycles. The molecule has 2 aromatic rings. The Labute approximate surface area is 113 Å². The molecule has 0 radical (unpaired) electrons. The van der Waals surface area contributed by atoms with Crippen LogP contribution in [-0.4, -0.2) is 33.8 Å². The summed E-state index contributed by atoms with van der Waals surface area (Å²) in [5.41, 5.74) is 2.01. The molecule has 0 spiro atoms. The summed E-state index contributed by atoms with van der Waals surface area (Å²) >= 11 is 0. The zero-order chi connectivity index (χ0) is 13.2. The van der Waals surface area contributed by atoms with Crippen molar-refractivity contribution in [3.63, 3.8) is 0 Å². The molecule has 0 saturated carbocycles. The summed E-state index contributed by atoms with van der Waals surface area (Å²) in [5, 5.41) is 7.96. The zero-order valence-electron chi connectivity index (χ0n) is 11.5. The van der Waals surface area contributed by atoms with Gasteiger partial charge in [-0.3, -0.25) is 0 Å². The lowest BCUT2D eigenvalue weighted by molar-refractivity contribution is 0.269. The van der Waals surface area contributed by atoms with E-state index in [1.54, 1.807) is 6.20 Å². The first-order valence-corrected chi connectivity index (χ1v) is 6.94. The van der Waals surface area contributed by atoms with Gasteiger partial charge in [0.05, 0.1) is 5.69 Å². The van der Waals surface area contributed by atoms with Crippen LogP contribution >= 0.6 is 0 Å². The molecule has 5 heteroatoms. The third kappa shape index (κ3) is 2.56. The maximum Gasteiger partial charge on any atom is 0.240 e. The van der Waals surface area contributed by atoms with E-state index in [1.807, 2.05) is 10.7 Å². The van der Waals surface area contributed by atoms with Crippen LogP contribution in [0.2, 0.25) is 0 Å². The minimum Gasteiger partial charge on any atom is -0.474 e. The molecule has 1 aliphatic rings. The first-order valence-electron chi connectivity index (χ1n) is 6.94. The first kappa shape index (κ1) is 12.4. The monoisotopic (exact) mass is 260 g/mol. The summed E-state index contributed by atoms with van der Waals surface area (Å²) < 4.78 is 7.71. The molecule has 0 amide bonds. The fraction of sp³-hybridized carbons (Fsp3) is 0.571. The largest absolute Gasteiger partial charge is 0.474 e. The highest BCUT2D eigenvalue weighted by Gasteiger charge is 2.16. The number of aromatic nitrogens is 3. The van der Waals surface area contributed by atoms with Crippen molar-refractivity contribution in [1.82, 2.24) is 19.9 Å². The van der Waals surface area contributed by atoms with E-state index in [4.69, 9.17) is 4.74 Å². The highest BCUT2D eigenvalue weighted by molar-refractivity contribution is 5.56. The molecule has 3 rings (SSSR count). The van der Waals surface area contributed by atoms with E-state index in [9.17, 15) is 0 Å². The maximum absolute atomic E-state index is 5.86. The Morgan fingerprint density at radius 2 is 2.42 bits per heavy atom. The highest BCUT2D eigenvalue weighted by atomic mass is 16.5. The average Bonchev–Trinajstić information content (AvgIpc) is 3.05. The molecule has 1 saturated heterocycles. The molecule has 0 bridgehead atoms. The molecule has 19 heavy (non-hydrogen) atoms. The van der Waals surface area contributed by atoms with Crippen LogP contribution in [0.15, 0.2) is 18.5 Å². The molecule has 5 nitrogen and oxygen atoms in total. The van der Waals surface area contributed by atoms with Crippen molar-refractivity contribution in [3.05, 3.63) is 24.2 Å². The van der Waals surface area contributed by atoms with E-state index in [2.05, 4.69) is 35.3 Å². The van der Waals surface area contributed by atoms with Crippen LogP contribution in [0.25, 0.3) is 5.52 Å². The van der Waals surface area contributed by atoms with Gasteiger partial charge in [0.1, 0.15) is 12.1 Å². The van der Waals surface area contributed by atoms with Crippen molar-refractivity contribution < 1.29 is 4.74 Å². The summed E-state index contributed by atoms with van der Waals surface area (Å²) in [6, 6.07) is 2.52. The molecule has 1 N–H and O–H groups in total. The second-order valence-electron chi connectivity index (χ2n) is 5.39. The zero-order valence-corrected chi connectivity index (χ0v) is 11.5. The Morgan fingerprint density at radius 3 is 3.16 bits per heavy atom. The average molecular weight is 260 g/mol. The van der Waals surface area contributed by atoms with E-state index >= 15 is 0 Å². The Hall–Kier alpha value is -1.62. The summed E-state index contributed by atoms with van der Waals surface area (Å²) in [5.74, 6) is 1.08. The Morgan fingerprint density at radius 1 is 1.53 bits per heavy atom. The molecular formula is C14H20N4O. The van der Waals surface area contributed by atoms with Crippen molar-refractivity contribution in [3.8, 4) is 5.88 Å². The Kier molecular flexibility index (Phi) is 3.38. The highest BCUT2D eigenvalue weighted by Crippen LogP contribution is 2.21. The molecule has 1 atom stereocenters. The van der Waals surface area contributed by atoms with Crippen molar-refractivity contribution in [1.29, 1.82) is 0 Å². The standard InChI is InChI=1S/C14H20N4O/c1-10(2)12-8-13-14(16-6-7-18(13)17-12)19-9-11-4-3-5-15-11/h6-8,10-11,15H,3-5,9H2,1-2H3. The van der Waals surface area contributed by atoms with Gasteiger partial charge in [0.15, 0.2) is 0 Å².